The summed E-state index contributed by atoms with van der Waals surface area (Å²) in [5.41, 5.74) is 2.58. The van der Waals surface area contributed by atoms with E-state index in [2.05, 4.69) is 14.8 Å². The van der Waals surface area contributed by atoms with Gasteiger partial charge in [0.15, 0.2) is 5.78 Å². The van der Waals surface area contributed by atoms with E-state index in [1.807, 2.05) is 30.3 Å². The fourth-order valence-electron chi connectivity index (χ4n) is 3.86. The molecular formula is C23H18F2N4O2. The molecule has 1 aliphatic heterocycles. The minimum atomic E-state index is -3.07. The molecule has 3 heterocycles. The second-order valence-corrected chi connectivity index (χ2v) is 7.41. The monoisotopic (exact) mass is 420 g/mol. The number of amides is 1. The Morgan fingerprint density at radius 2 is 1.97 bits per heavy atom. The minimum absolute atomic E-state index is 0.147. The predicted molar refractivity (Wildman–Crippen MR) is 110 cm³/mol. The summed E-state index contributed by atoms with van der Waals surface area (Å²) in [6, 6.07) is 10.9. The van der Waals surface area contributed by atoms with E-state index in [-0.39, 0.29) is 18.6 Å². The first-order chi connectivity index (χ1) is 14.9. The smallest absolute Gasteiger partial charge is 0.294 e. The van der Waals surface area contributed by atoms with E-state index in [4.69, 9.17) is 6.57 Å². The van der Waals surface area contributed by atoms with Crippen LogP contribution in [0.2, 0.25) is 0 Å². The molecule has 8 heteroatoms. The van der Waals surface area contributed by atoms with E-state index in [0.717, 1.165) is 21.4 Å². The number of halogens is 2. The number of alkyl halides is 2. The highest BCUT2D eigenvalue weighted by Crippen LogP contribution is 2.34. The largest absolute Gasteiger partial charge is 0.306 e. The lowest BCUT2D eigenvalue weighted by Crippen LogP contribution is -2.35. The molecule has 1 amide bonds. The first kappa shape index (κ1) is 20.5. The van der Waals surface area contributed by atoms with E-state index in [1.54, 1.807) is 18.5 Å². The van der Waals surface area contributed by atoms with E-state index >= 15 is 0 Å². The molecule has 1 fully saturated rings. The maximum Gasteiger partial charge on any atom is 0.306 e. The summed E-state index contributed by atoms with van der Waals surface area (Å²) in [4.78, 5) is 37.9. The van der Waals surface area contributed by atoms with Crippen molar-refractivity contribution in [3.8, 4) is 11.1 Å². The third-order valence-electron chi connectivity index (χ3n) is 5.34. The summed E-state index contributed by atoms with van der Waals surface area (Å²) in [7, 11) is 0. The Morgan fingerprint density at radius 1 is 1.13 bits per heavy atom. The number of fused-ring (bicyclic) bond motifs is 1. The van der Waals surface area contributed by atoms with Crippen LogP contribution in [0.1, 0.15) is 29.6 Å². The molecule has 31 heavy (non-hydrogen) atoms. The van der Waals surface area contributed by atoms with Crippen LogP contribution < -0.4 is 0 Å². The molecule has 0 spiro atoms. The van der Waals surface area contributed by atoms with Gasteiger partial charge in [-0.2, -0.15) is 0 Å². The molecule has 156 valence electrons. The van der Waals surface area contributed by atoms with Crippen LogP contribution in [0.15, 0.2) is 55.0 Å². The van der Waals surface area contributed by atoms with Gasteiger partial charge in [-0.1, -0.05) is 18.2 Å². The van der Waals surface area contributed by atoms with Crippen LogP contribution in [0.3, 0.4) is 0 Å². The van der Waals surface area contributed by atoms with Crippen LogP contribution in [0.5, 0.6) is 0 Å². The lowest BCUT2D eigenvalue weighted by atomic mass is 9.94. The Kier molecular flexibility index (Phi) is 5.42. The van der Waals surface area contributed by atoms with Crippen LogP contribution in [0, 0.1) is 6.57 Å². The maximum absolute atomic E-state index is 13.6. The van der Waals surface area contributed by atoms with Gasteiger partial charge in [-0.15, -0.1) is 0 Å². The van der Waals surface area contributed by atoms with Crippen molar-refractivity contribution in [2.75, 3.05) is 6.54 Å². The van der Waals surface area contributed by atoms with Gasteiger partial charge in [-0.3, -0.25) is 29.3 Å². The topological polar surface area (TPSA) is 67.5 Å². The van der Waals surface area contributed by atoms with E-state index in [9.17, 15) is 18.4 Å². The molecule has 1 aromatic carbocycles. The minimum Gasteiger partial charge on any atom is -0.294 e. The molecule has 0 radical (unpaired) electrons. The summed E-state index contributed by atoms with van der Waals surface area (Å²) in [6.45, 7) is 6.28. The second-order valence-electron chi connectivity index (χ2n) is 7.41. The predicted octanol–water partition coefficient (Wildman–Crippen LogP) is 4.37. The SMILES string of the molecule is [C-]#[N+][C@@H]1CC(F)(F)CN1C(=O)CCC(=O)c1ccncc1-c1cccc2ncccc12. The number of likely N-dealkylation sites (tertiary alicyclic amines) is 1. The van der Waals surface area contributed by atoms with Gasteiger partial charge in [0.1, 0.15) is 6.42 Å². The fourth-order valence-corrected chi connectivity index (χ4v) is 3.86. The molecule has 0 N–H and O–H groups in total. The summed E-state index contributed by atoms with van der Waals surface area (Å²) in [5.74, 6) is -3.98. The molecule has 1 aliphatic rings. The van der Waals surface area contributed by atoms with E-state index in [0.29, 0.717) is 11.1 Å². The van der Waals surface area contributed by atoms with Gasteiger partial charge < -0.3 is 0 Å². The lowest BCUT2D eigenvalue weighted by Gasteiger charge is -2.16. The number of carbonyl (C=O) groups is 2. The van der Waals surface area contributed by atoms with Gasteiger partial charge in [-0.25, -0.2) is 15.4 Å². The van der Waals surface area contributed by atoms with Crippen molar-refractivity contribution in [2.24, 2.45) is 0 Å². The Morgan fingerprint density at radius 3 is 2.77 bits per heavy atom. The highest BCUT2D eigenvalue weighted by molar-refractivity contribution is 6.06. The summed E-state index contributed by atoms with van der Waals surface area (Å²) in [6.07, 6.45) is 2.54. The first-order valence-corrected chi connectivity index (χ1v) is 9.75. The number of hydrogen-bond acceptors (Lipinski definition) is 4. The van der Waals surface area contributed by atoms with Crippen molar-refractivity contribution in [3.05, 3.63) is 72.0 Å². The number of rotatable bonds is 5. The quantitative estimate of drug-likeness (QED) is 0.454. The van der Waals surface area contributed by atoms with Crippen molar-refractivity contribution in [1.82, 2.24) is 14.9 Å². The fraction of sp³-hybridized carbons (Fsp3) is 0.261. The molecule has 3 aromatic rings. The highest BCUT2D eigenvalue weighted by Gasteiger charge is 2.50. The maximum atomic E-state index is 13.6. The number of pyridine rings is 2. The number of Topliss-reactive ketones (excluding diaryl/α,β-unsaturated/α-hetero) is 1. The van der Waals surface area contributed by atoms with Gasteiger partial charge in [-0.05, 0) is 23.8 Å². The van der Waals surface area contributed by atoms with Crippen molar-refractivity contribution in [2.45, 2.75) is 31.4 Å². The Hall–Kier alpha value is -3.73. The van der Waals surface area contributed by atoms with Crippen LogP contribution in [-0.2, 0) is 4.79 Å². The average molecular weight is 420 g/mol. The zero-order valence-corrected chi connectivity index (χ0v) is 16.5. The Bertz CT molecular complexity index is 1200. The zero-order chi connectivity index (χ0) is 22.0. The van der Waals surface area contributed by atoms with Crippen LogP contribution >= 0.6 is 0 Å². The number of carbonyl (C=O) groups excluding carboxylic acids is 2. The molecule has 0 saturated carbocycles. The van der Waals surface area contributed by atoms with Gasteiger partial charge in [0, 0.05) is 47.9 Å². The summed E-state index contributed by atoms with van der Waals surface area (Å²) in [5, 5.41) is 0.863. The van der Waals surface area contributed by atoms with E-state index in [1.165, 1.54) is 6.20 Å². The molecule has 6 nitrogen and oxygen atoms in total. The highest BCUT2D eigenvalue weighted by atomic mass is 19.3. The number of nitrogens with zero attached hydrogens (tertiary/aromatic N) is 4. The lowest BCUT2D eigenvalue weighted by molar-refractivity contribution is -0.132. The third kappa shape index (κ3) is 4.12. The van der Waals surface area contributed by atoms with Crippen molar-refractivity contribution in [1.29, 1.82) is 0 Å². The average Bonchev–Trinajstić information content (AvgIpc) is 3.11. The molecule has 0 unspecified atom stereocenters. The van der Waals surface area contributed by atoms with E-state index < -0.39 is 31.0 Å². The molecule has 2 aromatic heterocycles. The normalized spacial score (nSPS) is 17.5. The Balaban J connectivity index is 1.56. The van der Waals surface area contributed by atoms with Crippen molar-refractivity contribution >= 4 is 22.6 Å². The van der Waals surface area contributed by atoms with Crippen LogP contribution in [-0.4, -0.2) is 45.2 Å². The summed E-state index contributed by atoms with van der Waals surface area (Å²) < 4.78 is 27.2. The van der Waals surface area contributed by atoms with Crippen molar-refractivity contribution < 1.29 is 18.4 Å². The molecular weight excluding hydrogens is 402 g/mol. The van der Waals surface area contributed by atoms with Gasteiger partial charge >= 0.3 is 6.17 Å². The van der Waals surface area contributed by atoms with Gasteiger partial charge in [0.2, 0.25) is 5.91 Å². The number of aromatic nitrogens is 2. The standard InChI is InChI=1S/C23H18F2N4O2/c1-26-21-12-23(24,25)14-29(21)22(31)8-7-20(30)17-9-11-27-13-18(17)15-4-2-6-19-16(15)5-3-10-28-19/h2-6,9-11,13,21H,7-8,12,14H2/t21-/m0/s1. The Labute approximate surface area is 177 Å². The number of ketones is 1. The molecule has 0 bridgehead atoms. The second kappa shape index (κ2) is 8.19. The summed E-state index contributed by atoms with van der Waals surface area (Å²) >= 11 is 0. The molecule has 1 saturated heterocycles. The van der Waals surface area contributed by atoms with Gasteiger partial charge in [0.05, 0.1) is 12.1 Å². The van der Waals surface area contributed by atoms with Crippen LogP contribution in [0.25, 0.3) is 26.9 Å². The molecule has 1 atom stereocenters. The molecule has 4 rings (SSSR count). The third-order valence-corrected chi connectivity index (χ3v) is 5.34. The molecule has 0 aliphatic carbocycles. The van der Waals surface area contributed by atoms with Gasteiger partial charge in [0.25, 0.3) is 5.92 Å². The van der Waals surface area contributed by atoms with Crippen LogP contribution in [0.4, 0.5) is 8.78 Å². The zero-order valence-electron chi connectivity index (χ0n) is 16.5. The first-order valence-electron chi connectivity index (χ1n) is 9.75. The van der Waals surface area contributed by atoms with Crippen molar-refractivity contribution in [3.63, 3.8) is 0 Å². The number of benzene rings is 1. The number of hydrogen-bond donors (Lipinski definition) is 0.